The molecule has 0 atom stereocenters. The van der Waals surface area contributed by atoms with Crippen molar-refractivity contribution in [2.45, 2.75) is 33.2 Å². The Morgan fingerprint density at radius 3 is 2.31 bits per heavy atom. The first kappa shape index (κ1) is 30.1. The Hall–Kier alpha value is -3.49. The standard InChI is InChI=1S/C30H37ClN2O6/c1-5-38-18-6-16-33(30(35)24-9-11-25(31)12-10-24)21-29(34)32(20-26-13-7-22(2)39-26)17-15-23-8-14-27(36-3)28(19-23)37-4/h7-14,19H,5-6,15-18,20-21H2,1-4H3. The molecule has 0 bridgehead atoms. The topological polar surface area (TPSA) is 81.5 Å². The minimum absolute atomic E-state index is 0.0702. The normalized spacial score (nSPS) is 10.8. The lowest BCUT2D eigenvalue weighted by Gasteiger charge is -2.27. The maximum atomic E-state index is 13.7. The van der Waals surface area contributed by atoms with Crippen molar-refractivity contribution in [2.75, 3.05) is 47.1 Å². The molecule has 0 spiro atoms. The molecule has 0 aliphatic heterocycles. The highest BCUT2D eigenvalue weighted by Gasteiger charge is 2.23. The van der Waals surface area contributed by atoms with Crippen molar-refractivity contribution in [2.24, 2.45) is 0 Å². The van der Waals surface area contributed by atoms with E-state index in [1.165, 1.54) is 0 Å². The van der Waals surface area contributed by atoms with E-state index < -0.39 is 0 Å². The van der Waals surface area contributed by atoms with Crippen molar-refractivity contribution >= 4 is 23.4 Å². The fourth-order valence-corrected chi connectivity index (χ4v) is 4.27. The van der Waals surface area contributed by atoms with Gasteiger partial charge in [0.15, 0.2) is 11.5 Å². The molecular formula is C30H37ClN2O6. The third-order valence-electron chi connectivity index (χ3n) is 6.24. The zero-order valence-electron chi connectivity index (χ0n) is 23.1. The van der Waals surface area contributed by atoms with Crippen LogP contribution in [0, 0.1) is 6.92 Å². The first-order valence-electron chi connectivity index (χ1n) is 13.0. The molecule has 0 fully saturated rings. The second-order valence-electron chi connectivity index (χ2n) is 9.05. The molecule has 39 heavy (non-hydrogen) atoms. The predicted octanol–water partition coefficient (Wildman–Crippen LogP) is 5.40. The number of ether oxygens (including phenoxy) is 3. The van der Waals surface area contributed by atoms with Gasteiger partial charge in [-0.25, -0.2) is 0 Å². The van der Waals surface area contributed by atoms with Gasteiger partial charge in [0.1, 0.15) is 18.1 Å². The fraction of sp³-hybridized carbons (Fsp3) is 0.400. The van der Waals surface area contributed by atoms with Gasteiger partial charge in [-0.3, -0.25) is 9.59 Å². The molecule has 210 valence electrons. The van der Waals surface area contributed by atoms with Crippen LogP contribution in [0.25, 0.3) is 0 Å². The van der Waals surface area contributed by atoms with E-state index in [9.17, 15) is 9.59 Å². The highest BCUT2D eigenvalue weighted by atomic mass is 35.5. The Kier molecular flexibility index (Phi) is 11.7. The van der Waals surface area contributed by atoms with Gasteiger partial charge in [-0.05, 0) is 80.8 Å². The van der Waals surface area contributed by atoms with Gasteiger partial charge in [-0.2, -0.15) is 0 Å². The van der Waals surface area contributed by atoms with Crippen LogP contribution in [0.3, 0.4) is 0 Å². The summed E-state index contributed by atoms with van der Waals surface area (Å²) in [5, 5.41) is 0.542. The van der Waals surface area contributed by atoms with Gasteiger partial charge >= 0.3 is 0 Å². The Morgan fingerprint density at radius 2 is 1.67 bits per heavy atom. The van der Waals surface area contributed by atoms with Gasteiger partial charge in [0.25, 0.3) is 5.91 Å². The van der Waals surface area contributed by atoms with E-state index in [1.807, 2.05) is 44.2 Å². The summed E-state index contributed by atoms with van der Waals surface area (Å²) in [5.74, 6) is 2.31. The molecule has 0 aliphatic carbocycles. The number of furan rings is 1. The number of methoxy groups -OCH3 is 2. The summed E-state index contributed by atoms with van der Waals surface area (Å²) >= 11 is 6.01. The van der Waals surface area contributed by atoms with E-state index in [1.54, 1.807) is 48.3 Å². The number of aryl methyl sites for hydroxylation is 1. The quantitative estimate of drug-likeness (QED) is 0.233. The average molecular weight is 557 g/mol. The van der Waals surface area contributed by atoms with Gasteiger partial charge in [0.05, 0.1) is 20.8 Å². The lowest BCUT2D eigenvalue weighted by Crippen LogP contribution is -2.44. The Bertz CT molecular complexity index is 1210. The van der Waals surface area contributed by atoms with Gasteiger partial charge in [-0.15, -0.1) is 0 Å². The molecule has 0 saturated carbocycles. The Morgan fingerprint density at radius 1 is 0.923 bits per heavy atom. The molecular weight excluding hydrogens is 520 g/mol. The van der Waals surface area contributed by atoms with E-state index >= 15 is 0 Å². The lowest BCUT2D eigenvalue weighted by atomic mass is 10.1. The van der Waals surface area contributed by atoms with Crippen LogP contribution in [-0.4, -0.2) is 68.7 Å². The SMILES string of the molecule is CCOCCCN(CC(=O)N(CCc1ccc(OC)c(OC)c1)Cc1ccc(C)o1)C(=O)c1ccc(Cl)cc1. The largest absolute Gasteiger partial charge is 0.493 e. The molecule has 0 N–H and O–H groups in total. The summed E-state index contributed by atoms with van der Waals surface area (Å²) in [5.41, 5.74) is 1.47. The monoisotopic (exact) mass is 556 g/mol. The minimum Gasteiger partial charge on any atom is -0.493 e. The molecule has 0 radical (unpaired) electrons. The lowest BCUT2D eigenvalue weighted by molar-refractivity contribution is -0.132. The third-order valence-corrected chi connectivity index (χ3v) is 6.49. The third kappa shape index (κ3) is 9.04. The zero-order valence-corrected chi connectivity index (χ0v) is 23.8. The number of carbonyl (C=O) groups is 2. The molecule has 0 saturated heterocycles. The van der Waals surface area contributed by atoms with Crippen molar-refractivity contribution in [3.05, 3.63) is 82.3 Å². The molecule has 3 aromatic rings. The maximum Gasteiger partial charge on any atom is 0.254 e. The van der Waals surface area contributed by atoms with Gasteiger partial charge in [-0.1, -0.05) is 17.7 Å². The fourth-order valence-electron chi connectivity index (χ4n) is 4.14. The minimum atomic E-state index is -0.231. The second kappa shape index (κ2) is 15.2. The first-order valence-corrected chi connectivity index (χ1v) is 13.4. The van der Waals surface area contributed by atoms with Gasteiger partial charge in [0.2, 0.25) is 5.91 Å². The van der Waals surface area contributed by atoms with Crippen molar-refractivity contribution in [1.29, 1.82) is 0 Å². The van der Waals surface area contributed by atoms with Crippen LogP contribution in [0.1, 0.15) is 40.8 Å². The number of benzene rings is 2. The number of rotatable bonds is 15. The summed E-state index contributed by atoms with van der Waals surface area (Å²) in [4.78, 5) is 30.4. The van der Waals surface area contributed by atoms with E-state index in [4.69, 9.17) is 30.2 Å². The van der Waals surface area contributed by atoms with E-state index in [-0.39, 0.29) is 18.4 Å². The molecule has 1 heterocycles. The maximum absolute atomic E-state index is 13.7. The van der Waals surface area contributed by atoms with E-state index in [2.05, 4.69) is 0 Å². The van der Waals surface area contributed by atoms with Crippen molar-refractivity contribution < 1.29 is 28.2 Å². The number of amides is 2. The predicted molar refractivity (Wildman–Crippen MR) is 151 cm³/mol. The van der Waals surface area contributed by atoms with Crippen LogP contribution >= 0.6 is 11.6 Å². The molecule has 2 aromatic carbocycles. The van der Waals surface area contributed by atoms with E-state index in [0.29, 0.717) is 73.5 Å². The summed E-state index contributed by atoms with van der Waals surface area (Å²) in [7, 11) is 3.18. The molecule has 1 aromatic heterocycles. The van der Waals surface area contributed by atoms with Crippen LogP contribution in [-0.2, 0) is 22.5 Å². The average Bonchev–Trinajstić information content (AvgIpc) is 3.36. The van der Waals surface area contributed by atoms with Crippen LogP contribution in [0.15, 0.2) is 59.0 Å². The molecule has 9 heteroatoms. The van der Waals surface area contributed by atoms with Crippen LogP contribution < -0.4 is 9.47 Å². The number of nitrogens with zero attached hydrogens (tertiary/aromatic N) is 2. The van der Waals surface area contributed by atoms with Crippen molar-refractivity contribution in [3.63, 3.8) is 0 Å². The van der Waals surface area contributed by atoms with Crippen LogP contribution in [0.2, 0.25) is 5.02 Å². The molecule has 3 rings (SSSR count). The summed E-state index contributed by atoms with van der Waals surface area (Å²) in [6.45, 7) is 5.92. The molecule has 8 nitrogen and oxygen atoms in total. The number of halogens is 1. The Labute approximate surface area is 235 Å². The zero-order chi connectivity index (χ0) is 28.2. The van der Waals surface area contributed by atoms with Gasteiger partial charge in [0, 0.05) is 36.9 Å². The Balaban J connectivity index is 1.78. The molecule has 0 unspecified atom stereocenters. The summed E-state index contributed by atoms with van der Waals surface area (Å²) < 4.78 is 22.0. The molecule has 0 aliphatic rings. The second-order valence-corrected chi connectivity index (χ2v) is 9.49. The van der Waals surface area contributed by atoms with Crippen molar-refractivity contribution in [3.8, 4) is 11.5 Å². The van der Waals surface area contributed by atoms with Crippen LogP contribution in [0.4, 0.5) is 0 Å². The van der Waals surface area contributed by atoms with Crippen molar-refractivity contribution in [1.82, 2.24) is 9.80 Å². The number of hydrogen-bond acceptors (Lipinski definition) is 6. The smallest absolute Gasteiger partial charge is 0.254 e. The van der Waals surface area contributed by atoms with E-state index in [0.717, 1.165) is 11.3 Å². The van der Waals surface area contributed by atoms with Gasteiger partial charge < -0.3 is 28.4 Å². The molecule has 2 amide bonds. The van der Waals surface area contributed by atoms with Crippen LogP contribution in [0.5, 0.6) is 11.5 Å². The summed E-state index contributed by atoms with van der Waals surface area (Å²) in [6, 6.07) is 16.1. The number of carbonyl (C=O) groups excluding carboxylic acids is 2. The summed E-state index contributed by atoms with van der Waals surface area (Å²) in [6.07, 6.45) is 1.20. The highest BCUT2D eigenvalue weighted by Crippen LogP contribution is 2.28. The number of hydrogen-bond donors (Lipinski definition) is 0. The highest BCUT2D eigenvalue weighted by molar-refractivity contribution is 6.30. The first-order chi connectivity index (χ1) is 18.8.